The summed E-state index contributed by atoms with van der Waals surface area (Å²) in [6.45, 7) is 5.15. The third-order valence-corrected chi connectivity index (χ3v) is 5.08. The Hall–Kier alpha value is -1.35. The Morgan fingerprint density at radius 3 is 2.68 bits per heavy atom. The number of nitriles is 1. The molecule has 1 atom stereocenters. The third-order valence-electron chi connectivity index (χ3n) is 5.08. The van der Waals surface area contributed by atoms with E-state index in [2.05, 4.69) is 22.1 Å². The molecule has 3 heterocycles. The van der Waals surface area contributed by atoms with Crippen molar-refractivity contribution in [1.29, 1.82) is 5.26 Å². The number of hydrogen-bond donors (Lipinski definition) is 1. The van der Waals surface area contributed by atoms with Crippen LogP contribution in [0.15, 0.2) is 12.3 Å². The molecular weight excluding hydrogens is 276 g/mol. The van der Waals surface area contributed by atoms with Crippen LogP contribution in [0, 0.1) is 11.3 Å². The molecule has 22 heavy (non-hydrogen) atoms. The van der Waals surface area contributed by atoms with Gasteiger partial charge in [0, 0.05) is 32.4 Å². The molecule has 1 aromatic heterocycles. The predicted molar refractivity (Wildman–Crippen MR) is 85.2 cm³/mol. The molecule has 0 radical (unpaired) electrons. The number of nitrogens with zero attached hydrogens (tertiary/aromatic N) is 4. The van der Waals surface area contributed by atoms with Crippen LogP contribution in [0.1, 0.15) is 36.9 Å². The van der Waals surface area contributed by atoms with Crippen LogP contribution in [0.5, 0.6) is 0 Å². The summed E-state index contributed by atoms with van der Waals surface area (Å²) in [7, 11) is 1.93. The van der Waals surface area contributed by atoms with Gasteiger partial charge in [-0.3, -0.25) is 9.80 Å². The molecule has 2 fully saturated rings. The van der Waals surface area contributed by atoms with Crippen LogP contribution < -0.4 is 0 Å². The summed E-state index contributed by atoms with van der Waals surface area (Å²) < 4.78 is 1.90. The van der Waals surface area contributed by atoms with Crippen molar-refractivity contribution in [2.45, 2.75) is 44.4 Å². The van der Waals surface area contributed by atoms with E-state index < -0.39 is 0 Å². The summed E-state index contributed by atoms with van der Waals surface area (Å²) >= 11 is 0. The summed E-state index contributed by atoms with van der Waals surface area (Å²) in [5, 5.41) is 18.9. The van der Waals surface area contributed by atoms with Gasteiger partial charge in [0.05, 0.1) is 6.10 Å². The zero-order chi connectivity index (χ0) is 15.5. The highest BCUT2D eigenvalue weighted by molar-refractivity contribution is 5.28. The average Bonchev–Trinajstić information content (AvgIpc) is 2.88. The number of likely N-dealkylation sites (tertiary alicyclic amines) is 2. The van der Waals surface area contributed by atoms with Gasteiger partial charge in [-0.15, -0.1) is 0 Å². The van der Waals surface area contributed by atoms with Gasteiger partial charge in [0.2, 0.25) is 0 Å². The van der Waals surface area contributed by atoms with E-state index in [0.717, 1.165) is 51.3 Å². The van der Waals surface area contributed by atoms with E-state index in [4.69, 9.17) is 5.26 Å². The third kappa shape index (κ3) is 3.52. The van der Waals surface area contributed by atoms with Gasteiger partial charge in [0.25, 0.3) is 0 Å². The lowest BCUT2D eigenvalue weighted by atomic mass is 9.99. The van der Waals surface area contributed by atoms with Crippen molar-refractivity contribution in [3.63, 3.8) is 0 Å². The quantitative estimate of drug-likeness (QED) is 0.915. The Morgan fingerprint density at radius 1 is 1.27 bits per heavy atom. The lowest BCUT2D eigenvalue weighted by Crippen LogP contribution is -2.49. The number of aromatic nitrogens is 1. The molecule has 0 aromatic carbocycles. The molecule has 0 saturated carbocycles. The van der Waals surface area contributed by atoms with Gasteiger partial charge in [0.15, 0.2) is 0 Å². The standard InChI is InChI=1S/C17H26N4O/c1-19-11-14(9-16(19)10-18)12-20-7-4-15(5-8-20)21-6-2-3-17(22)13-21/h9,11,15,17,22H,2-8,12-13H2,1H3/t17-/m0/s1. The Morgan fingerprint density at radius 2 is 2.05 bits per heavy atom. The molecule has 2 aliphatic heterocycles. The molecule has 0 spiro atoms. The first-order chi connectivity index (χ1) is 10.7. The number of aliphatic hydroxyl groups excluding tert-OH is 1. The fourth-order valence-electron chi connectivity index (χ4n) is 3.85. The van der Waals surface area contributed by atoms with E-state index >= 15 is 0 Å². The Kier molecular flexibility index (Phi) is 4.82. The smallest absolute Gasteiger partial charge is 0.120 e. The van der Waals surface area contributed by atoms with E-state index in [0.29, 0.717) is 6.04 Å². The van der Waals surface area contributed by atoms with Crippen molar-refractivity contribution in [2.75, 3.05) is 26.2 Å². The summed E-state index contributed by atoms with van der Waals surface area (Å²) in [6, 6.07) is 4.85. The SMILES string of the molecule is Cn1cc(CN2CCC(N3CCC[C@H](O)C3)CC2)cc1C#N. The molecule has 3 rings (SSSR count). The minimum absolute atomic E-state index is 0.125. The molecule has 5 heteroatoms. The Bertz CT molecular complexity index is 539. The maximum atomic E-state index is 9.83. The van der Waals surface area contributed by atoms with Gasteiger partial charge in [-0.05, 0) is 56.9 Å². The van der Waals surface area contributed by atoms with Crippen LogP contribution in [0.25, 0.3) is 0 Å². The highest BCUT2D eigenvalue weighted by Crippen LogP contribution is 2.22. The number of β-amino-alcohol motifs (C(OH)–C–C–N with tert-alkyl or cyclic N) is 1. The highest BCUT2D eigenvalue weighted by Gasteiger charge is 2.28. The maximum absolute atomic E-state index is 9.83. The lowest BCUT2D eigenvalue weighted by Gasteiger charge is -2.41. The highest BCUT2D eigenvalue weighted by atomic mass is 16.3. The molecule has 0 amide bonds. The molecule has 0 unspecified atom stereocenters. The minimum Gasteiger partial charge on any atom is -0.392 e. The zero-order valence-electron chi connectivity index (χ0n) is 13.4. The number of rotatable bonds is 3. The molecule has 2 saturated heterocycles. The molecule has 120 valence electrons. The molecular formula is C17H26N4O. The normalized spacial score (nSPS) is 25.2. The first-order valence-corrected chi connectivity index (χ1v) is 8.35. The van der Waals surface area contributed by atoms with Crippen molar-refractivity contribution >= 4 is 0 Å². The number of aryl methyl sites for hydroxylation is 1. The van der Waals surface area contributed by atoms with Gasteiger partial charge in [-0.2, -0.15) is 5.26 Å². The van der Waals surface area contributed by atoms with Crippen LogP contribution in [-0.2, 0) is 13.6 Å². The van der Waals surface area contributed by atoms with E-state index in [1.807, 2.05) is 17.7 Å². The van der Waals surface area contributed by atoms with Gasteiger partial charge < -0.3 is 9.67 Å². The minimum atomic E-state index is -0.125. The monoisotopic (exact) mass is 302 g/mol. The van der Waals surface area contributed by atoms with E-state index in [1.165, 1.54) is 18.4 Å². The maximum Gasteiger partial charge on any atom is 0.120 e. The second-order valence-electron chi connectivity index (χ2n) is 6.75. The zero-order valence-corrected chi connectivity index (χ0v) is 13.4. The fraction of sp³-hybridized carbons (Fsp3) is 0.706. The van der Waals surface area contributed by atoms with Crippen molar-refractivity contribution in [1.82, 2.24) is 14.4 Å². The first-order valence-electron chi connectivity index (χ1n) is 8.35. The summed E-state index contributed by atoms with van der Waals surface area (Å²) in [4.78, 5) is 4.97. The van der Waals surface area contributed by atoms with Crippen LogP contribution in [0.2, 0.25) is 0 Å². The van der Waals surface area contributed by atoms with Crippen molar-refractivity contribution in [2.24, 2.45) is 7.05 Å². The first kappa shape index (κ1) is 15.5. The van der Waals surface area contributed by atoms with E-state index in [-0.39, 0.29) is 6.10 Å². The van der Waals surface area contributed by atoms with Crippen molar-refractivity contribution in [3.8, 4) is 6.07 Å². The topological polar surface area (TPSA) is 55.4 Å². The van der Waals surface area contributed by atoms with Gasteiger partial charge in [0.1, 0.15) is 11.8 Å². The van der Waals surface area contributed by atoms with Crippen molar-refractivity contribution in [3.05, 3.63) is 23.5 Å². The molecule has 1 N–H and O–H groups in total. The van der Waals surface area contributed by atoms with Gasteiger partial charge in [-0.1, -0.05) is 0 Å². The largest absolute Gasteiger partial charge is 0.392 e. The summed E-state index contributed by atoms with van der Waals surface area (Å²) in [6.07, 6.45) is 6.40. The number of aliphatic hydroxyl groups is 1. The Balaban J connectivity index is 1.50. The van der Waals surface area contributed by atoms with Gasteiger partial charge >= 0.3 is 0 Å². The lowest BCUT2D eigenvalue weighted by molar-refractivity contribution is 0.0243. The Labute approximate surface area is 132 Å². The molecule has 2 aliphatic rings. The van der Waals surface area contributed by atoms with Crippen LogP contribution >= 0.6 is 0 Å². The summed E-state index contributed by atoms with van der Waals surface area (Å²) in [5.74, 6) is 0. The van der Waals surface area contributed by atoms with E-state index in [1.54, 1.807) is 0 Å². The van der Waals surface area contributed by atoms with Crippen LogP contribution in [0.4, 0.5) is 0 Å². The molecule has 5 nitrogen and oxygen atoms in total. The van der Waals surface area contributed by atoms with Crippen LogP contribution in [0.3, 0.4) is 0 Å². The average molecular weight is 302 g/mol. The van der Waals surface area contributed by atoms with E-state index in [9.17, 15) is 5.11 Å². The molecule has 0 aliphatic carbocycles. The molecule has 1 aromatic rings. The second kappa shape index (κ2) is 6.82. The molecule has 0 bridgehead atoms. The van der Waals surface area contributed by atoms with Gasteiger partial charge in [-0.25, -0.2) is 0 Å². The second-order valence-corrected chi connectivity index (χ2v) is 6.75. The number of piperidine rings is 2. The summed E-state index contributed by atoms with van der Waals surface area (Å²) in [5.41, 5.74) is 1.96. The van der Waals surface area contributed by atoms with Crippen molar-refractivity contribution < 1.29 is 5.11 Å². The van der Waals surface area contributed by atoms with Crippen LogP contribution in [-0.4, -0.2) is 57.8 Å². The number of hydrogen-bond acceptors (Lipinski definition) is 4. The fourth-order valence-corrected chi connectivity index (χ4v) is 3.85. The predicted octanol–water partition coefficient (Wildman–Crippen LogP) is 1.32.